The minimum Gasteiger partial charge on any atom is -0.381 e. The molecule has 4 heteroatoms. The molecule has 0 saturated carbocycles. The third-order valence-corrected chi connectivity index (χ3v) is 10.0. The van der Waals surface area contributed by atoms with Crippen molar-refractivity contribution in [3.05, 3.63) is 70.3 Å². The highest BCUT2D eigenvalue weighted by molar-refractivity contribution is 5.96. The maximum atomic E-state index is 12.9. The lowest BCUT2D eigenvalue weighted by molar-refractivity contribution is 0.0240. The Morgan fingerprint density at radius 1 is 0.897 bits per heavy atom. The molecule has 0 amide bonds. The second-order valence-corrected chi connectivity index (χ2v) is 12.6. The summed E-state index contributed by atoms with van der Waals surface area (Å²) in [4.78, 5) is 15.7. The molecule has 3 saturated heterocycles. The summed E-state index contributed by atoms with van der Waals surface area (Å²) in [6.45, 7) is 5.25. The second kappa shape index (κ2) is 13.1. The van der Waals surface area contributed by atoms with Crippen LogP contribution >= 0.6 is 0 Å². The van der Waals surface area contributed by atoms with Gasteiger partial charge in [-0.3, -0.25) is 9.69 Å². The number of ketones is 1. The molecule has 3 atom stereocenters. The smallest absolute Gasteiger partial charge is 0.162 e. The highest BCUT2D eigenvalue weighted by atomic mass is 16.5. The van der Waals surface area contributed by atoms with Crippen LogP contribution in [0.15, 0.2) is 42.5 Å². The first-order chi connectivity index (χ1) is 19.2. The third-order valence-electron chi connectivity index (χ3n) is 10.0. The Hall–Kier alpha value is -2.01. The van der Waals surface area contributed by atoms with Gasteiger partial charge in [0.2, 0.25) is 0 Å². The molecule has 2 aromatic carbocycles. The molecule has 3 heterocycles. The molecular formula is C35H49NO3. The molecule has 4 aliphatic rings. The molecule has 1 aliphatic carbocycles. The van der Waals surface area contributed by atoms with Gasteiger partial charge in [-0.2, -0.15) is 0 Å². The molecule has 39 heavy (non-hydrogen) atoms. The van der Waals surface area contributed by atoms with Crippen molar-refractivity contribution < 1.29 is 15.7 Å². The molecule has 212 valence electrons. The van der Waals surface area contributed by atoms with E-state index in [1.54, 1.807) is 11.1 Å². The number of carbonyl (C=O) groups excluding carboxylic acids is 1. The van der Waals surface area contributed by atoms with Crippen LogP contribution in [0.4, 0.5) is 0 Å². The van der Waals surface area contributed by atoms with E-state index in [9.17, 15) is 4.79 Å². The summed E-state index contributed by atoms with van der Waals surface area (Å²) in [6.07, 6.45) is 15.1. The van der Waals surface area contributed by atoms with Crippen molar-refractivity contribution in [3.63, 3.8) is 0 Å². The highest BCUT2D eigenvalue weighted by Gasteiger charge is 2.29. The fourth-order valence-corrected chi connectivity index (χ4v) is 7.55. The van der Waals surface area contributed by atoms with Crippen LogP contribution in [0.5, 0.6) is 0 Å². The molecule has 6 rings (SSSR count). The zero-order valence-electron chi connectivity index (χ0n) is 23.8. The molecular weight excluding hydrogens is 482 g/mol. The number of ether oxygens (including phenoxy) is 2. The minimum absolute atomic E-state index is 0. The summed E-state index contributed by atoms with van der Waals surface area (Å²) >= 11 is 0. The average Bonchev–Trinajstić information content (AvgIpc) is 3.53. The molecule has 4 nitrogen and oxygen atoms in total. The minimum atomic E-state index is 0. The van der Waals surface area contributed by atoms with Crippen molar-refractivity contribution in [2.45, 2.75) is 102 Å². The second-order valence-electron chi connectivity index (χ2n) is 12.6. The lowest BCUT2D eigenvalue weighted by atomic mass is 9.79. The monoisotopic (exact) mass is 531 g/mol. The lowest BCUT2D eigenvalue weighted by Crippen LogP contribution is -2.44. The van der Waals surface area contributed by atoms with E-state index < -0.39 is 0 Å². The van der Waals surface area contributed by atoms with Gasteiger partial charge in [0, 0.05) is 45.8 Å². The van der Waals surface area contributed by atoms with Gasteiger partial charge in [-0.1, -0.05) is 42.5 Å². The van der Waals surface area contributed by atoms with Gasteiger partial charge in [-0.25, -0.2) is 0 Å². The topological polar surface area (TPSA) is 38.8 Å². The number of Topliss-reactive ketones (excluding diaryl/α,β-unsaturated/α-hetero) is 1. The number of nitrogens with zero attached hydrogens (tertiary/aromatic N) is 1. The number of likely N-dealkylation sites (tertiary alicyclic amines) is 1. The van der Waals surface area contributed by atoms with Crippen LogP contribution < -0.4 is 0 Å². The van der Waals surface area contributed by atoms with Gasteiger partial charge < -0.3 is 9.47 Å². The molecule has 0 unspecified atom stereocenters. The van der Waals surface area contributed by atoms with Gasteiger partial charge in [0.1, 0.15) is 0 Å². The Bertz CT molecular complexity index is 1090. The van der Waals surface area contributed by atoms with E-state index in [-0.39, 0.29) is 1.43 Å². The van der Waals surface area contributed by atoms with Crippen LogP contribution in [0.3, 0.4) is 0 Å². The molecule has 3 fully saturated rings. The van der Waals surface area contributed by atoms with Crippen LogP contribution in [-0.4, -0.2) is 55.7 Å². The Morgan fingerprint density at radius 2 is 1.77 bits per heavy atom. The summed E-state index contributed by atoms with van der Waals surface area (Å²) in [5, 5.41) is 0. The van der Waals surface area contributed by atoms with Gasteiger partial charge in [0.15, 0.2) is 5.78 Å². The number of rotatable bonds is 9. The van der Waals surface area contributed by atoms with Crippen molar-refractivity contribution in [1.82, 2.24) is 4.90 Å². The summed E-state index contributed by atoms with van der Waals surface area (Å²) in [5.74, 6) is 1.59. The number of hydrogen-bond donors (Lipinski definition) is 0. The molecule has 0 aromatic heterocycles. The number of aryl methyl sites for hydroxylation is 2. The molecule has 0 radical (unpaired) electrons. The van der Waals surface area contributed by atoms with E-state index in [1.165, 1.54) is 69.2 Å². The number of hydrogen-bond acceptors (Lipinski definition) is 4. The largest absolute Gasteiger partial charge is 0.381 e. The first-order valence-corrected chi connectivity index (χ1v) is 15.9. The Balaban J connectivity index is 0.00000323. The molecule has 0 bridgehead atoms. The van der Waals surface area contributed by atoms with E-state index >= 15 is 0 Å². The molecule has 0 spiro atoms. The maximum absolute atomic E-state index is 12.9. The van der Waals surface area contributed by atoms with Crippen LogP contribution in [0.1, 0.15) is 104 Å². The van der Waals surface area contributed by atoms with Gasteiger partial charge in [0.25, 0.3) is 0 Å². The number of fused-ring (bicyclic) bond motifs is 1. The normalized spacial score (nSPS) is 26.4. The summed E-state index contributed by atoms with van der Waals surface area (Å²) in [5.41, 5.74) is 6.83. The van der Waals surface area contributed by atoms with Gasteiger partial charge in [-0.05, 0) is 118 Å². The predicted octanol–water partition coefficient (Wildman–Crippen LogP) is 7.17. The molecule has 0 N–H and O–H groups in total. The van der Waals surface area contributed by atoms with Gasteiger partial charge in [-0.15, -0.1) is 0 Å². The fourth-order valence-electron chi connectivity index (χ4n) is 7.55. The Morgan fingerprint density at radius 3 is 2.59 bits per heavy atom. The van der Waals surface area contributed by atoms with Crippen LogP contribution in [0, 0.1) is 5.92 Å². The predicted molar refractivity (Wildman–Crippen MR) is 159 cm³/mol. The SMILES string of the molecule is O=C(CC[C@H]1CCc2cc([C@@H]3CCCN(C4CCOCC4)C3)ccc2C1)c1ccc(CC[C@@H]2CCCO2)cc1.[HH]. The zero-order valence-corrected chi connectivity index (χ0v) is 23.8. The number of benzene rings is 2. The summed E-state index contributed by atoms with van der Waals surface area (Å²) in [6, 6.07) is 16.5. The lowest BCUT2D eigenvalue weighted by Gasteiger charge is -2.40. The van der Waals surface area contributed by atoms with E-state index in [2.05, 4.69) is 35.2 Å². The van der Waals surface area contributed by atoms with Crippen molar-refractivity contribution in [1.29, 1.82) is 0 Å². The van der Waals surface area contributed by atoms with Crippen LogP contribution in [-0.2, 0) is 28.7 Å². The van der Waals surface area contributed by atoms with Crippen molar-refractivity contribution in [2.75, 3.05) is 32.9 Å². The Kier molecular flexibility index (Phi) is 9.13. The first-order valence-electron chi connectivity index (χ1n) is 15.9. The van der Waals surface area contributed by atoms with E-state index in [0.29, 0.717) is 30.1 Å². The summed E-state index contributed by atoms with van der Waals surface area (Å²) in [7, 11) is 0. The third kappa shape index (κ3) is 7.01. The van der Waals surface area contributed by atoms with Gasteiger partial charge >= 0.3 is 0 Å². The van der Waals surface area contributed by atoms with E-state index in [1.807, 2.05) is 12.1 Å². The van der Waals surface area contributed by atoms with Crippen LogP contribution in [0.25, 0.3) is 0 Å². The molecule has 3 aliphatic heterocycles. The maximum Gasteiger partial charge on any atom is 0.162 e. The number of carbonyl (C=O) groups is 1. The van der Waals surface area contributed by atoms with Crippen molar-refractivity contribution >= 4 is 5.78 Å². The van der Waals surface area contributed by atoms with Crippen LogP contribution in [0.2, 0.25) is 0 Å². The van der Waals surface area contributed by atoms with Crippen molar-refractivity contribution in [3.8, 4) is 0 Å². The fraction of sp³-hybridized carbons (Fsp3) is 0.629. The number of piperidine rings is 1. The average molecular weight is 532 g/mol. The van der Waals surface area contributed by atoms with Crippen molar-refractivity contribution in [2.24, 2.45) is 5.92 Å². The molecule has 2 aromatic rings. The van der Waals surface area contributed by atoms with E-state index in [4.69, 9.17) is 9.47 Å². The van der Waals surface area contributed by atoms with E-state index in [0.717, 1.165) is 63.5 Å². The summed E-state index contributed by atoms with van der Waals surface area (Å²) < 4.78 is 11.4. The Labute approximate surface area is 236 Å². The first kappa shape index (κ1) is 27.2. The highest BCUT2D eigenvalue weighted by Crippen LogP contribution is 2.34. The standard InChI is InChI=1S/C35H47NO3.H2/c37-35(28-10-5-26(6-11-28)8-15-34-4-2-20-39-34)16-9-27-7-12-30-24-31(14-13-29(30)23-27)32-3-1-19-36(25-32)33-17-21-38-22-18-33;/h5-6,10-11,13-14,24,27,32-34H,1-4,7-9,12,15-23,25H2;1H/t27-,32-,34+;/m1./s1. The van der Waals surface area contributed by atoms with Gasteiger partial charge in [0.05, 0.1) is 6.10 Å². The quantitative estimate of drug-likeness (QED) is 0.322. The zero-order chi connectivity index (χ0) is 26.4.